The molecule has 0 saturated carbocycles. The Morgan fingerprint density at radius 3 is 3.00 bits per heavy atom. The van der Waals surface area contributed by atoms with Crippen LogP contribution in [0, 0.1) is 5.92 Å². The summed E-state index contributed by atoms with van der Waals surface area (Å²) >= 11 is 0. The van der Waals surface area contributed by atoms with Gasteiger partial charge in [-0.15, -0.1) is 10.2 Å². The number of para-hydroxylation sites is 1. The lowest BCUT2D eigenvalue weighted by Crippen LogP contribution is -2.30. The molecule has 1 aliphatic heterocycles. The van der Waals surface area contributed by atoms with Crippen LogP contribution in [-0.4, -0.2) is 36.1 Å². The van der Waals surface area contributed by atoms with Crippen LogP contribution in [0.1, 0.15) is 30.6 Å². The predicted octanol–water partition coefficient (Wildman–Crippen LogP) is 1.77. The second-order valence-corrected chi connectivity index (χ2v) is 6.50. The molecule has 1 N–H and O–H groups in total. The van der Waals surface area contributed by atoms with Crippen LogP contribution in [0.5, 0.6) is 0 Å². The van der Waals surface area contributed by atoms with E-state index in [4.69, 9.17) is 0 Å². The molecule has 0 amide bonds. The summed E-state index contributed by atoms with van der Waals surface area (Å²) in [6, 6.07) is 8.30. The first-order chi connectivity index (χ1) is 12.3. The summed E-state index contributed by atoms with van der Waals surface area (Å²) in [4.78, 5) is 4.04. The highest BCUT2D eigenvalue weighted by molar-refractivity contribution is 5.39. The summed E-state index contributed by atoms with van der Waals surface area (Å²) in [5.74, 6) is 2.87. The Balaban J connectivity index is 1.38. The van der Waals surface area contributed by atoms with Gasteiger partial charge in [-0.05, 0) is 30.5 Å². The standard InChI is InChI=1S/C18H23N7/c1-2-17-22-23-18-8-7-14(11-24(17)18)9-19-10-15-5-3-4-6-16(15)25-13-20-12-21-25/h3-6,12-14,19H,2,7-11H2,1H3/t14-/m0/s1. The lowest BCUT2D eigenvalue weighted by Gasteiger charge is -2.24. The van der Waals surface area contributed by atoms with Gasteiger partial charge in [0, 0.05) is 25.9 Å². The van der Waals surface area contributed by atoms with Crippen molar-refractivity contribution in [1.29, 1.82) is 0 Å². The van der Waals surface area contributed by atoms with Crippen molar-refractivity contribution in [2.75, 3.05) is 6.54 Å². The highest BCUT2D eigenvalue weighted by atomic mass is 15.3. The number of rotatable bonds is 6. The van der Waals surface area contributed by atoms with Gasteiger partial charge in [0.05, 0.1) is 5.69 Å². The summed E-state index contributed by atoms with van der Waals surface area (Å²) in [6.07, 6.45) is 6.43. The van der Waals surface area contributed by atoms with Crippen LogP contribution in [0.3, 0.4) is 0 Å². The Bertz CT molecular complexity index is 808. The van der Waals surface area contributed by atoms with Crippen molar-refractivity contribution >= 4 is 0 Å². The molecule has 7 heteroatoms. The van der Waals surface area contributed by atoms with Crippen LogP contribution >= 0.6 is 0 Å². The molecule has 0 aliphatic carbocycles. The normalized spacial score (nSPS) is 16.8. The highest BCUT2D eigenvalue weighted by Gasteiger charge is 2.22. The molecule has 1 atom stereocenters. The first-order valence-corrected chi connectivity index (χ1v) is 8.89. The second-order valence-electron chi connectivity index (χ2n) is 6.50. The number of hydrogen-bond acceptors (Lipinski definition) is 5. The molecule has 3 aromatic rings. The fourth-order valence-corrected chi connectivity index (χ4v) is 3.51. The van der Waals surface area contributed by atoms with E-state index in [0.717, 1.165) is 49.8 Å². The maximum Gasteiger partial charge on any atom is 0.138 e. The first-order valence-electron chi connectivity index (χ1n) is 8.89. The number of aromatic nitrogens is 6. The van der Waals surface area contributed by atoms with Crippen molar-refractivity contribution in [2.45, 2.75) is 39.3 Å². The molecule has 0 radical (unpaired) electrons. The largest absolute Gasteiger partial charge is 0.315 e. The molecule has 2 aromatic heterocycles. The van der Waals surface area contributed by atoms with Crippen LogP contribution in [0.2, 0.25) is 0 Å². The Labute approximate surface area is 147 Å². The average molecular weight is 337 g/mol. The zero-order chi connectivity index (χ0) is 17.1. The third kappa shape index (κ3) is 3.32. The van der Waals surface area contributed by atoms with E-state index in [9.17, 15) is 0 Å². The summed E-state index contributed by atoms with van der Waals surface area (Å²) in [5.41, 5.74) is 2.30. The van der Waals surface area contributed by atoms with E-state index in [1.807, 2.05) is 10.7 Å². The first kappa shape index (κ1) is 16.0. The molecule has 130 valence electrons. The zero-order valence-electron chi connectivity index (χ0n) is 14.5. The zero-order valence-corrected chi connectivity index (χ0v) is 14.5. The van der Waals surface area contributed by atoms with Crippen molar-refractivity contribution in [2.24, 2.45) is 5.92 Å². The molecule has 7 nitrogen and oxygen atoms in total. The molecular formula is C18H23N7. The van der Waals surface area contributed by atoms with Gasteiger partial charge in [-0.2, -0.15) is 5.10 Å². The lowest BCUT2D eigenvalue weighted by atomic mass is 9.99. The molecule has 1 aliphatic rings. The summed E-state index contributed by atoms with van der Waals surface area (Å²) < 4.78 is 4.12. The Morgan fingerprint density at radius 1 is 1.24 bits per heavy atom. The molecule has 4 rings (SSSR count). The molecule has 1 aromatic carbocycles. The van der Waals surface area contributed by atoms with Crippen LogP contribution in [0.25, 0.3) is 5.69 Å². The molecular weight excluding hydrogens is 314 g/mol. The fraction of sp³-hybridized carbons (Fsp3) is 0.444. The van der Waals surface area contributed by atoms with E-state index < -0.39 is 0 Å². The van der Waals surface area contributed by atoms with Crippen LogP contribution in [0.4, 0.5) is 0 Å². The van der Waals surface area contributed by atoms with Gasteiger partial charge in [-0.3, -0.25) is 0 Å². The SMILES string of the molecule is CCc1nnc2n1C[C@H](CNCc1ccccc1-n1cncn1)CC2. The van der Waals surface area contributed by atoms with E-state index in [2.05, 4.69) is 55.3 Å². The van der Waals surface area contributed by atoms with Crippen LogP contribution in [0.15, 0.2) is 36.9 Å². The van der Waals surface area contributed by atoms with Crippen LogP contribution < -0.4 is 5.32 Å². The number of hydrogen-bond donors (Lipinski definition) is 1. The molecule has 0 fully saturated rings. The van der Waals surface area contributed by atoms with Crippen molar-refractivity contribution in [3.05, 3.63) is 54.1 Å². The second kappa shape index (κ2) is 7.14. The van der Waals surface area contributed by atoms with Gasteiger partial charge < -0.3 is 9.88 Å². The van der Waals surface area contributed by atoms with Gasteiger partial charge in [0.25, 0.3) is 0 Å². The topological polar surface area (TPSA) is 73.5 Å². The number of fused-ring (bicyclic) bond motifs is 1. The van der Waals surface area contributed by atoms with E-state index in [1.54, 1.807) is 12.7 Å². The average Bonchev–Trinajstić information content (AvgIpc) is 3.31. The Hall–Kier alpha value is -2.54. The Morgan fingerprint density at radius 2 is 2.16 bits per heavy atom. The predicted molar refractivity (Wildman–Crippen MR) is 94.3 cm³/mol. The summed E-state index contributed by atoms with van der Waals surface area (Å²) in [7, 11) is 0. The smallest absolute Gasteiger partial charge is 0.138 e. The van der Waals surface area contributed by atoms with E-state index in [1.165, 1.54) is 12.0 Å². The minimum Gasteiger partial charge on any atom is -0.315 e. The molecule has 3 heterocycles. The fourth-order valence-electron chi connectivity index (χ4n) is 3.51. The van der Waals surface area contributed by atoms with Crippen LogP contribution in [-0.2, 0) is 25.9 Å². The van der Waals surface area contributed by atoms with Gasteiger partial charge in [-0.25, -0.2) is 9.67 Å². The molecule has 0 spiro atoms. The minimum absolute atomic E-state index is 0.618. The molecule has 25 heavy (non-hydrogen) atoms. The third-order valence-corrected chi connectivity index (χ3v) is 4.84. The van der Waals surface area contributed by atoms with E-state index in [0.29, 0.717) is 5.92 Å². The lowest BCUT2D eigenvalue weighted by molar-refractivity contribution is 0.342. The van der Waals surface area contributed by atoms with Crippen molar-refractivity contribution in [1.82, 2.24) is 34.8 Å². The number of nitrogens with zero attached hydrogens (tertiary/aromatic N) is 6. The minimum atomic E-state index is 0.618. The van der Waals surface area contributed by atoms with Gasteiger partial charge >= 0.3 is 0 Å². The van der Waals surface area contributed by atoms with Crippen molar-refractivity contribution < 1.29 is 0 Å². The number of nitrogens with one attached hydrogen (secondary N) is 1. The van der Waals surface area contributed by atoms with Gasteiger partial charge in [0.15, 0.2) is 0 Å². The Kier molecular flexibility index (Phi) is 4.56. The maximum atomic E-state index is 4.31. The van der Waals surface area contributed by atoms with Crippen molar-refractivity contribution in [3.63, 3.8) is 0 Å². The third-order valence-electron chi connectivity index (χ3n) is 4.84. The molecule has 0 unspecified atom stereocenters. The van der Waals surface area contributed by atoms with E-state index in [-0.39, 0.29) is 0 Å². The number of benzene rings is 1. The quantitative estimate of drug-likeness (QED) is 0.742. The number of aryl methyl sites for hydroxylation is 2. The van der Waals surface area contributed by atoms with Gasteiger partial charge in [0.1, 0.15) is 24.3 Å². The van der Waals surface area contributed by atoms with Gasteiger partial charge in [0.2, 0.25) is 0 Å². The summed E-state index contributed by atoms with van der Waals surface area (Å²) in [6.45, 7) is 4.97. The van der Waals surface area contributed by atoms with Crippen molar-refractivity contribution in [3.8, 4) is 5.69 Å². The summed E-state index contributed by atoms with van der Waals surface area (Å²) in [5, 5.41) is 16.5. The maximum absolute atomic E-state index is 4.31. The van der Waals surface area contributed by atoms with Gasteiger partial charge in [-0.1, -0.05) is 25.1 Å². The molecule has 0 bridgehead atoms. The molecule has 0 saturated heterocycles. The highest BCUT2D eigenvalue weighted by Crippen LogP contribution is 2.20. The van der Waals surface area contributed by atoms with E-state index >= 15 is 0 Å². The monoisotopic (exact) mass is 337 g/mol.